The predicted molar refractivity (Wildman–Crippen MR) is 150 cm³/mol. The molecule has 0 spiro atoms. The number of nitrogens with one attached hydrogen (secondary N) is 3. The first-order valence-corrected chi connectivity index (χ1v) is 14.1. The van der Waals surface area contributed by atoms with Gasteiger partial charge in [0.15, 0.2) is 6.61 Å². The van der Waals surface area contributed by atoms with Crippen molar-refractivity contribution in [2.45, 2.75) is 76.4 Å². The van der Waals surface area contributed by atoms with Crippen LogP contribution in [0.2, 0.25) is 0 Å². The van der Waals surface area contributed by atoms with Gasteiger partial charge in [0, 0.05) is 42.3 Å². The SMILES string of the molecule is CCNC(=O)COc1cc(C(=O)NCC2CCC(N(C)C)CC2)cc(C(=O)NC2CCC(N(C)C)CC2)c1. The minimum Gasteiger partial charge on any atom is -0.484 e. The first-order valence-electron chi connectivity index (χ1n) is 14.1. The van der Waals surface area contributed by atoms with Gasteiger partial charge in [0.25, 0.3) is 17.7 Å². The Balaban J connectivity index is 1.65. The number of hydrogen-bond donors (Lipinski definition) is 3. The number of benzene rings is 1. The molecule has 0 aromatic heterocycles. The minimum absolute atomic E-state index is 0.105. The zero-order chi connectivity index (χ0) is 27.7. The van der Waals surface area contributed by atoms with Crippen molar-refractivity contribution < 1.29 is 19.1 Å². The summed E-state index contributed by atoms with van der Waals surface area (Å²) in [4.78, 5) is 42.8. The van der Waals surface area contributed by atoms with Crippen molar-refractivity contribution in [3.05, 3.63) is 29.3 Å². The van der Waals surface area contributed by atoms with Gasteiger partial charge in [-0.25, -0.2) is 0 Å². The summed E-state index contributed by atoms with van der Waals surface area (Å²) in [5.74, 6) is 0.0742. The molecule has 0 atom stereocenters. The zero-order valence-corrected chi connectivity index (χ0v) is 23.8. The molecule has 1 aromatic rings. The van der Waals surface area contributed by atoms with Crippen LogP contribution in [0.25, 0.3) is 0 Å². The lowest BCUT2D eigenvalue weighted by molar-refractivity contribution is -0.122. The smallest absolute Gasteiger partial charge is 0.257 e. The number of ether oxygens (including phenoxy) is 1. The second-order valence-electron chi connectivity index (χ2n) is 11.3. The molecule has 0 saturated heterocycles. The molecule has 2 fully saturated rings. The van der Waals surface area contributed by atoms with Crippen LogP contribution in [0.15, 0.2) is 18.2 Å². The number of carbonyl (C=O) groups is 3. The molecule has 0 radical (unpaired) electrons. The van der Waals surface area contributed by atoms with Crippen molar-refractivity contribution >= 4 is 17.7 Å². The maximum Gasteiger partial charge on any atom is 0.257 e. The average molecular weight is 530 g/mol. The number of carbonyl (C=O) groups excluding carboxylic acids is 3. The summed E-state index contributed by atoms with van der Waals surface area (Å²) in [7, 11) is 8.43. The fourth-order valence-electron chi connectivity index (χ4n) is 5.55. The molecule has 2 saturated carbocycles. The van der Waals surface area contributed by atoms with E-state index in [9.17, 15) is 14.4 Å². The monoisotopic (exact) mass is 529 g/mol. The van der Waals surface area contributed by atoms with Crippen molar-refractivity contribution in [2.75, 3.05) is 47.9 Å². The van der Waals surface area contributed by atoms with E-state index in [0.29, 0.717) is 48.0 Å². The van der Waals surface area contributed by atoms with Crippen LogP contribution in [-0.4, -0.2) is 93.5 Å². The molecule has 38 heavy (non-hydrogen) atoms. The van der Waals surface area contributed by atoms with E-state index in [1.165, 1.54) is 0 Å². The number of rotatable bonds is 11. The first kappa shape index (κ1) is 29.9. The molecule has 9 heteroatoms. The largest absolute Gasteiger partial charge is 0.484 e. The highest BCUT2D eigenvalue weighted by molar-refractivity contribution is 6.00. The van der Waals surface area contributed by atoms with E-state index in [4.69, 9.17) is 4.74 Å². The topological polar surface area (TPSA) is 103 Å². The lowest BCUT2D eigenvalue weighted by Crippen LogP contribution is -2.41. The third-order valence-corrected chi connectivity index (χ3v) is 8.03. The molecule has 0 unspecified atom stereocenters. The Bertz CT molecular complexity index is 935. The van der Waals surface area contributed by atoms with E-state index in [-0.39, 0.29) is 30.4 Å². The van der Waals surface area contributed by atoms with Crippen LogP contribution in [0.5, 0.6) is 5.75 Å². The fourth-order valence-corrected chi connectivity index (χ4v) is 5.55. The van der Waals surface area contributed by atoms with Crippen LogP contribution in [0, 0.1) is 5.92 Å². The summed E-state index contributed by atoms with van der Waals surface area (Å²) in [6, 6.07) is 6.10. The molecule has 1 aromatic carbocycles. The van der Waals surface area contributed by atoms with E-state index in [1.807, 2.05) is 6.92 Å². The van der Waals surface area contributed by atoms with Gasteiger partial charge in [-0.3, -0.25) is 14.4 Å². The van der Waals surface area contributed by atoms with Crippen molar-refractivity contribution in [2.24, 2.45) is 5.92 Å². The maximum absolute atomic E-state index is 13.2. The normalized spacial score (nSPS) is 23.7. The van der Waals surface area contributed by atoms with Gasteiger partial charge in [0.2, 0.25) is 0 Å². The van der Waals surface area contributed by atoms with Crippen molar-refractivity contribution in [1.82, 2.24) is 25.8 Å². The lowest BCUT2D eigenvalue weighted by atomic mass is 9.85. The Hall–Kier alpha value is -2.65. The number of amides is 3. The highest BCUT2D eigenvalue weighted by Gasteiger charge is 2.25. The molecule has 212 valence electrons. The molecule has 9 nitrogen and oxygen atoms in total. The number of likely N-dealkylation sites (N-methyl/N-ethyl adjacent to an activating group) is 1. The molecule has 3 amide bonds. The van der Waals surface area contributed by atoms with E-state index < -0.39 is 0 Å². The first-order chi connectivity index (χ1) is 18.2. The van der Waals surface area contributed by atoms with Crippen LogP contribution in [-0.2, 0) is 4.79 Å². The second kappa shape index (κ2) is 14.5. The molecule has 0 bridgehead atoms. The fraction of sp³-hybridized carbons (Fsp3) is 0.690. The molecular formula is C29H47N5O4. The van der Waals surface area contributed by atoms with Crippen LogP contribution < -0.4 is 20.7 Å². The molecule has 2 aliphatic rings. The van der Waals surface area contributed by atoms with Gasteiger partial charge >= 0.3 is 0 Å². The van der Waals surface area contributed by atoms with Gasteiger partial charge in [-0.1, -0.05) is 0 Å². The number of nitrogens with zero attached hydrogens (tertiary/aromatic N) is 2. The highest BCUT2D eigenvalue weighted by Crippen LogP contribution is 2.26. The second-order valence-corrected chi connectivity index (χ2v) is 11.3. The summed E-state index contributed by atoms with van der Waals surface area (Å²) < 4.78 is 5.68. The molecule has 3 rings (SSSR count). The highest BCUT2D eigenvalue weighted by atomic mass is 16.5. The summed E-state index contributed by atoms with van der Waals surface area (Å²) in [5, 5.41) is 8.90. The summed E-state index contributed by atoms with van der Waals surface area (Å²) in [5.41, 5.74) is 0.728. The molecule has 0 aliphatic heterocycles. The molecule has 0 heterocycles. The third kappa shape index (κ3) is 8.98. The van der Waals surface area contributed by atoms with Gasteiger partial charge in [0.1, 0.15) is 5.75 Å². The van der Waals surface area contributed by atoms with Crippen molar-refractivity contribution in [1.29, 1.82) is 0 Å². The van der Waals surface area contributed by atoms with Crippen molar-refractivity contribution in [3.8, 4) is 5.75 Å². The van der Waals surface area contributed by atoms with Crippen LogP contribution >= 0.6 is 0 Å². The Morgan fingerprint density at radius 2 is 1.34 bits per heavy atom. The zero-order valence-electron chi connectivity index (χ0n) is 23.8. The van der Waals surface area contributed by atoms with Gasteiger partial charge in [-0.05, 0) is 111 Å². The van der Waals surface area contributed by atoms with Crippen LogP contribution in [0.1, 0.15) is 79.0 Å². The predicted octanol–water partition coefficient (Wildman–Crippen LogP) is 2.65. The van der Waals surface area contributed by atoms with E-state index in [0.717, 1.165) is 51.4 Å². The Labute approximate surface area is 228 Å². The van der Waals surface area contributed by atoms with Gasteiger partial charge in [0.05, 0.1) is 0 Å². The Morgan fingerprint density at radius 1 is 0.789 bits per heavy atom. The van der Waals surface area contributed by atoms with Crippen LogP contribution in [0.3, 0.4) is 0 Å². The average Bonchev–Trinajstić information content (AvgIpc) is 2.91. The van der Waals surface area contributed by atoms with E-state index in [2.05, 4.69) is 53.9 Å². The summed E-state index contributed by atoms with van der Waals surface area (Å²) >= 11 is 0. The summed E-state index contributed by atoms with van der Waals surface area (Å²) in [6.45, 7) is 2.78. The van der Waals surface area contributed by atoms with Gasteiger partial charge < -0.3 is 30.5 Å². The lowest BCUT2D eigenvalue weighted by Gasteiger charge is -2.33. The van der Waals surface area contributed by atoms with Crippen molar-refractivity contribution in [3.63, 3.8) is 0 Å². The van der Waals surface area contributed by atoms with Gasteiger partial charge in [-0.15, -0.1) is 0 Å². The summed E-state index contributed by atoms with van der Waals surface area (Å²) in [6.07, 6.45) is 8.37. The van der Waals surface area contributed by atoms with Crippen LogP contribution in [0.4, 0.5) is 0 Å². The van der Waals surface area contributed by atoms with Gasteiger partial charge in [-0.2, -0.15) is 0 Å². The maximum atomic E-state index is 13.2. The molecule has 2 aliphatic carbocycles. The molecule has 3 N–H and O–H groups in total. The standard InChI is InChI=1S/C29H47N5O4/c1-6-30-27(35)19-38-26-16-21(28(36)31-18-20-7-11-24(12-8-20)33(2)3)15-22(17-26)29(37)32-23-9-13-25(14-10-23)34(4)5/h15-17,20,23-25H,6-14,18-19H2,1-5H3,(H,30,35)(H,31,36)(H,32,37). The van der Waals surface area contributed by atoms with E-state index >= 15 is 0 Å². The third-order valence-electron chi connectivity index (χ3n) is 8.03. The minimum atomic E-state index is -0.251. The quantitative estimate of drug-likeness (QED) is 0.407. The van der Waals surface area contributed by atoms with E-state index in [1.54, 1.807) is 18.2 Å². The number of hydrogen-bond acceptors (Lipinski definition) is 6. The Kier molecular flexibility index (Phi) is 11.4. The molecular weight excluding hydrogens is 482 g/mol. The Morgan fingerprint density at radius 3 is 1.89 bits per heavy atom.